The van der Waals surface area contributed by atoms with Gasteiger partial charge in [0.05, 0.1) is 0 Å². The van der Waals surface area contributed by atoms with E-state index < -0.39 is 0 Å². The maximum atomic E-state index is 3.44. The Hall–Kier alpha value is 0.163. The third-order valence-corrected chi connectivity index (χ3v) is 2.18. The Kier molecular flexibility index (Phi) is 4.40. The van der Waals surface area contributed by atoms with E-state index in [4.69, 9.17) is 0 Å². The molecular weight excluding hydrogens is 249 g/mol. The Morgan fingerprint density at radius 2 is 1.50 bits per heavy atom. The summed E-state index contributed by atoms with van der Waals surface area (Å²) in [4.78, 5) is 3.44. The summed E-state index contributed by atoms with van der Waals surface area (Å²) in [6.45, 7) is 13.2. The quantitative estimate of drug-likeness (QED) is 0.695. The first-order valence-electron chi connectivity index (χ1n) is 4.83. The SMILES string of the molecule is CC(C)(C)c1[c-]cc(C(C)(C)C)[nH]1.[Zr]. The molecule has 0 radical (unpaired) electrons. The van der Waals surface area contributed by atoms with E-state index in [2.05, 4.69) is 58.7 Å². The van der Waals surface area contributed by atoms with Gasteiger partial charge in [-0.1, -0.05) is 52.7 Å². The zero-order chi connectivity index (χ0) is 10.3. The maximum absolute atomic E-state index is 3.44. The predicted molar refractivity (Wildman–Crippen MR) is 57.0 cm³/mol. The summed E-state index contributed by atoms with van der Waals surface area (Å²) in [5.74, 6) is 0. The van der Waals surface area contributed by atoms with Crippen LogP contribution in [0.4, 0.5) is 0 Å². The predicted octanol–water partition coefficient (Wildman–Crippen LogP) is 3.41. The molecule has 0 fully saturated rings. The molecule has 1 N–H and O–H groups in total. The molecule has 0 amide bonds. The van der Waals surface area contributed by atoms with Crippen LogP contribution in [0.15, 0.2) is 6.07 Å². The van der Waals surface area contributed by atoms with E-state index in [0.717, 1.165) is 0 Å². The van der Waals surface area contributed by atoms with Gasteiger partial charge in [-0.15, -0.1) is 5.69 Å². The van der Waals surface area contributed by atoms with Crippen molar-refractivity contribution in [1.82, 2.24) is 4.98 Å². The largest absolute Gasteiger partial charge is 0.454 e. The van der Waals surface area contributed by atoms with Crippen molar-refractivity contribution in [3.8, 4) is 0 Å². The number of rotatable bonds is 0. The molecule has 1 aromatic rings. The van der Waals surface area contributed by atoms with Crippen molar-refractivity contribution in [1.29, 1.82) is 0 Å². The summed E-state index contributed by atoms with van der Waals surface area (Å²) >= 11 is 0. The molecule has 0 spiro atoms. The van der Waals surface area contributed by atoms with Crippen LogP contribution >= 0.6 is 0 Å². The molecule has 0 aromatic carbocycles. The van der Waals surface area contributed by atoms with Crippen molar-refractivity contribution in [2.45, 2.75) is 52.4 Å². The maximum Gasteiger partial charge on any atom is 0 e. The first kappa shape index (κ1) is 14.2. The number of aromatic nitrogens is 1. The van der Waals surface area contributed by atoms with E-state index in [1.54, 1.807) is 0 Å². The number of aromatic amines is 1. The minimum absolute atomic E-state index is 0. The molecule has 1 aromatic heterocycles. The summed E-state index contributed by atoms with van der Waals surface area (Å²) in [5, 5.41) is 0. The summed E-state index contributed by atoms with van der Waals surface area (Å²) in [6, 6.07) is 5.37. The van der Waals surface area contributed by atoms with Crippen molar-refractivity contribution < 1.29 is 26.2 Å². The summed E-state index contributed by atoms with van der Waals surface area (Å²) in [5.41, 5.74) is 2.82. The van der Waals surface area contributed by atoms with Crippen LogP contribution in [0.5, 0.6) is 0 Å². The Morgan fingerprint density at radius 3 is 1.71 bits per heavy atom. The molecule has 1 rings (SSSR count). The Labute approximate surface area is 107 Å². The second-order valence-electron chi connectivity index (χ2n) is 5.70. The number of hydrogen-bond acceptors (Lipinski definition) is 0. The third kappa shape index (κ3) is 3.38. The average molecular weight is 270 g/mol. The van der Waals surface area contributed by atoms with Crippen molar-refractivity contribution in [2.75, 3.05) is 0 Å². The molecule has 2 heteroatoms. The van der Waals surface area contributed by atoms with Gasteiger partial charge in [-0.2, -0.15) is 0 Å². The topological polar surface area (TPSA) is 15.8 Å². The summed E-state index contributed by atoms with van der Waals surface area (Å²) < 4.78 is 0. The van der Waals surface area contributed by atoms with Crippen LogP contribution in [-0.4, -0.2) is 4.98 Å². The van der Waals surface area contributed by atoms with Gasteiger partial charge in [0.15, 0.2) is 0 Å². The molecule has 1 nitrogen and oxygen atoms in total. The van der Waals surface area contributed by atoms with Crippen LogP contribution in [0, 0.1) is 6.07 Å². The molecule has 14 heavy (non-hydrogen) atoms. The monoisotopic (exact) mass is 268 g/mol. The van der Waals surface area contributed by atoms with E-state index in [1.807, 2.05) is 0 Å². The first-order valence-corrected chi connectivity index (χ1v) is 4.83. The number of H-pyrrole nitrogens is 1. The molecule has 0 saturated carbocycles. The molecule has 0 bridgehead atoms. The van der Waals surface area contributed by atoms with Crippen LogP contribution in [0.25, 0.3) is 0 Å². The second-order valence-corrected chi connectivity index (χ2v) is 5.70. The van der Waals surface area contributed by atoms with Gasteiger partial charge < -0.3 is 4.98 Å². The normalized spacial score (nSPS) is 12.4. The summed E-state index contributed by atoms with van der Waals surface area (Å²) in [7, 11) is 0. The standard InChI is InChI=1S/C12H20N.Zr/c1-11(2,3)9-7-8-10(13-9)12(4,5)6;/h7,13H,1-6H3;/q-1;. The minimum Gasteiger partial charge on any atom is -0.454 e. The number of hydrogen-bond donors (Lipinski definition) is 1. The van der Waals surface area contributed by atoms with E-state index >= 15 is 0 Å². The van der Waals surface area contributed by atoms with E-state index in [9.17, 15) is 0 Å². The van der Waals surface area contributed by atoms with Crippen molar-refractivity contribution in [3.05, 3.63) is 23.5 Å². The van der Waals surface area contributed by atoms with Gasteiger partial charge in [0, 0.05) is 26.2 Å². The third-order valence-electron chi connectivity index (χ3n) is 2.18. The van der Waals surface area contributed by atoms with Gasteiger partial charge in [-0.25, -0.2) is 12.1 Å². The van der Waals surface area contributed by atoms with Gasteiger partial charge in [-0.05, 0) is 5.41 Å². The molecule has 0 atom stereocenters. The fourth-order valence-electron chi connectivity index (χ4n) is 1.16. The molecule has 0 saturated heterocycles. The van der Waals surface area contributed by atoms with Gasteiger partial charge in [0.1, 0.15) is 0 Å². The van der Waals surface area contributed by atoms with E-state index in [-0.39, 0.29) is 37.0 Å². The van der Waals surface area contributed by atoms with Crippen LogP contribution in [0.3, 0.4) is 0 Å². The second kappa shape index (κ2) is 4.35. The zero-order valence-corrected chi connectivity index (χ0v) is 12.5. The minimum atomic E-state index is 0. The van der Waals surface area contributed by atoms with Crippen LogP contribution in [-0.2, 0) is 37.0 Å². The molecular formula is C12H20NZr-. The number of nitrogens with one attached hydrogen (secondary N) is 1. The molecule has 1 heterocycles. The van der Waals surface area contributed by atoms with E-state index in [0.29, 0.717) is 0 Å². The molecule has 0 aliphatic carbocycles. The average Bonchev–Trinajstić information content (AvgIpc) is 2.28. The van der Waals surface area contributed by atoms with Gasteiger partial charge in [0.2, 0.25) is 0 Å². The molecule has 0 aliphatic rings. The molecule has 78 valence electrons. The van der Waals surface area contributed by atoms with Gasteiger partial charge in [0.25, 0.3) is 0 Å². The van der Waals surface area contributed by atoms with Gasteiger partial charge >= 0.3 is 0 Å². The Bertz CT molecular complexity index is 258. The van der Waals surface area contributed by atoms with Gasteiger partial charge in [-0.3, -0.25) is 0 Å². The Morgan fingerprint density at radius 1 is 1.00 bits per heavy atom. The Balaban J connectivity index is 0.00000169. The smallest absolute Gasteiger partial charge is 0 e. The van der Waals surface area contributed by atoms with Crippen molar-refractivity contribution in [2.24, 2.45) is 0 Å². The zero-order valence-electron chi connectivity index (χ0n) is 10.1. The van der Waals surface area contributed by atoms with Crippen LogP contribution in [0.2, 0.25) is 0 Å². The fourth-order valence-corrected chi connectivity index (χ4v) is 1.16. The molecule has 0 aliphatic heterocycles. The van der Waals surface area contributed by atoms with Crippen molar-refractivity contribution >= 4 is 0 Å². The first-order chi connectivity index (χ1) is 5.71. The van der Waals surface area contributed by atoms with E-state index in [1.165, 1.54) is 11.4 Å². The van der Waals surface area contributed by atoms with Crippen LogP contribution in [0.1, 0.15) is 52.9 Å². The van der Waals surface area contributed by atoms with Crippen molar-refractivity contribution in [3.63, 3.8) is 0 Å². The van der Waals surface area contributed by atoms with Crippen LogP contribution < -0.4 is 0 Å². The summed E-state index contributed by atoms with van der Waals surface area (Å²) in [6.07, 6.45) is 0. The fraction of sp³-hybridized carbons (Fsp3) is 0.667. The molecule has 0 unspecified atom stereocenters.